The second-order valence-electron chi connectivity index (χ2n) is 8.68. The highest BCUT2D eigenvalue weighted by molar-refractivity contribution is 7.89. The Hall–Kier alpha value is -3.24. The van der Waals surface area contributed by atoms with Crippen LogP contribution in [0.25, 0.3) is 11.1 Å². The van der Waals surface area contributed by atoms with Crippen LogP contribution in [0.1, 0.15) is 50.3 Å². The molecule has 34 heavy (non-hydrogen) atoms. The number of rotatable bonds is 8. The zero-order chi connectivity index (χ0) is 25.3. The van der Waals surface area contributed by atoms with Crippen molar-refractivity contribution in [2.75, 3.05) is 7.11 Å². The van der Waals surface area contributed by atoms with E-state index in [1.165, 1.54) is 39.3 Å². The number of carbonyl (C=O) groups is 1. The minimum absolute atomic E-state index is 0.142. The van der Waals surface area contributed by atoms with E-state index in [-0.39, 0.29) is 17.9 Å². The van der Waals surface area contributed by atoms with E-state index in [1.54, 1.807) is 12.1 Å². The van der Waals surface area contributed by atoms with E-state index < -0.39 is 32.4 Å². The lowest BCUT2D eigenvalue weighted by Crippen LogP contribution is -2.32. The molecule has 3 rings (SSSR count). The van der Waals surface area contributed by atoms with Crippen LogP contribution in [-0.4, -0.2) is 31.5 Å². The number of aliphatic hydroxyl groups is 1. The van der Waals surface area contributed by atoms with E-state index in [2.05, 4.69) is 4.98 Å². The van der Waals surface area contributed by atoms with E-state index in [4.69, 9.17) is 9.15 Å². The number of methoxy groups -OCH3 is 1. The van der Waals surface area contributed by atoms with Crippen LogP contribution >= 0.6 is 0 Å². The Kier molecular flexibility index (Phi) is 7.13. The van der Waals surface area contributed by atoms with Gasteiger partial charge in [0.1, 0.15) is 5.82 Å². The van der Waals surface area contributed by atoms with E-state index >= 15 is 0 Å². The molecule has 0 saturated heterocycles. The van der Waals surface area contributed by atoms with Gasteiger partial charge in [0.05, 0.1) is 25.4 Å². The summed E-state index contributed by atoms with van der Waals surface area (Å²) in [5, 5.41) is 9.54. The third-order valence-electron chi connectivity index (χ3n) is 5.26. The third-order valence-corrected chi connectivity index (χ3v) is 6.50. The van der Waals surface area contributed by atoms with Gasteiger partial charge in [0.25, 0.3) is 10.0 Å². The average Bonchev–Trinajstić information content (AvgIpc) is 3.26. The van der Waals surface area contributed by atoms with E-state index in [0.717, 1.165) is 12.3 Å². The summed E-state index contributed by atoms with van der Waals surface area (Å²) >= 11 is 0. The summed E-state index contributed by atoms with van der Waals surface area (Å²) in [6.45, 7) is 6.66. The topological polar surface area (TPSA) is 119 Å². The van der Waals surface area contributed by atoms with Gasteiger partial charge in [0, 0.05) is 23.9 Å². The lowest BCUT2D eigenvalue weighted by molar-refractivity contribution is -0.118. The number of hydrogen-bond acceptors (Lipinski definition) is 7. The van der Waals surface area contributed by atoms with Gasteiger partial charge in [0.2, 0.25) is 16.9 Å². The predicted molar refractivity (Wildman–Crippen MR) is 123 cm³/mol. The molecule has 0 bridgehead atoms. The van der Waals surface area contributed by atoms with E-state index in [1.807, 2.05) is 18.6 Å². The number of ether oxygens (including phenoxy) is 1. The fourth-order valence-electron chi connectivity index (χ4n) is 3.49. The standard InChI is InChI=1S/C24H27FN2O6S/c1-14(2)18-10-17(25)11-19(15-6-7-26-22(8-15)32-5)20(18)12-21(28)27-34(30,31)23-9-16(13-33-23)24(3,4)29/h6-11,13-14,29H,12H2,1-5H3,(H,27,28). The number of aromatic nitrogens is 1. The first-order valence-corrected chi connectivity index (χ1v) is 12.0. The largest absolute Gasteiger partial charge is 0.481 e. The molecule has 1 aromatic carbocycles. The highest BCUT2D eigenvalue weighted by Gasteiger charge is 2.27. The summed E-state index contributed by atoms with van der Waals surface area (Å²) in [7, 11) is -2.88. The molecule has 1 amide bonds. The zero-order valence-electron chi connectivity index (χ0n) is 19.5. The fraction of sp³-hybridized carbons (Fsp3) is 0.333. The lowest BCUT2D eigenvalue weighted by Gasteiger charge is -2.18. The van der Waals surface area contributed by atoms with Crippen LogP contribution in [-0.2, 0) is 26.8 Å². The van der Waals surface area contributed by atoms with Crippen molar-refractivity contribution in [2.45, 2.75) is 50.7 Å². The summed E-state index contributed by atoms with van der Waals surface area (Å²) in [6.07, 6.45) is 2.29. The van der Waals surface area contributed by atoms with Crippen molar-refractivity contribution < 1.29 is 31.9 Å². The van der Waals surface area contributed by atoms with Crippen LogP contribution in [0.2, 0.25) is 0 Å². The minimum Gasteiger partial charge on any atom is -0.481 e. The van der Waals surface area contributed by atoms with Gasteiger partial charge in [-0.25, -0.2) is 14.1 Å². The quantitative estimate of drug-likeness (QED) is 0.492. The molecular formula is C24H27FN2O6S. The SMILES string of the molecule is COc1cc(-c2cc(F)cc(C(C)C)c2CC(=O)NS(=O)(=O)c2cc(C(C)(C)O)co2)ccn1. The van der Waals surface area contributed by atoms with Crippen LogP contribution in [0.4, 0.5) is 4.39 Å². The van der Waals surface area contributed by atoms with Crippen LogP contribution < -0.4 is 9.46 Å². The first-order valence-electron chi connectivity index (χ1n) is 10.5. The third kappa shape index (κ3) is 5.63. The molecule has 0 fully saturated rings. The van der Waals surface area contributed by atoms with Gasteiger partial charge in [-0.3, -0.25) is 4.79 Å². The molecule has 2 aromatic heterocycles. The number of halogens is 1. The maximum Gasteiger partial charge on any atom is 0.297 e. The molecule has 2 N–H and O–H groups in total. The van der Waals surface area contributed by atoms with Crippen molar-refractivity contribution in [3.63, 3.8) is 0 Å². The molecule has 10 heteroatoms. The number of nitrogens with zero attached hydrogens (tertiary/aromatic N) is 1. The Morgan fingerprint density at radius 1 is 1.26 bits per heavy atom. The Morgan fingerprint density at radius 3 is 2.56 bits per heavy atom. The Balaban J connectivity index is 1.98. The van der Waals surface area contributed by atoms with Crippen molar-refractivity contribution in [1.82, 2.24) is 9.71 Å². The molecule has 0 atom stereocenters. The summed E-state index contributed by atoms with van der Waals surface area (Å²) in [6, 6.07) is 7.05. The monoisotopic (exact) mass is 490 g/mol. The molecule has 0 radical (unpaired) electrons. The molecule has 0 aliphatic rings. The number of carbonyl (C=O) groups excluding carboxylic acids is 1. The van der Waals surface area contributed by atoms with Crippen molar-refractivity contribution >= 4 is 15.9 Å². The van der Waals surface area contributed by atoms with Crippen LogP contribution in [0.5, 0.6) is 5.88 Å². The number of benzene rings is 1. The lowest BCUT2D eigenvalue weighted by atomic mass is 9.88. The van der Waals surface area contributed by atoms with Crippen molar-refractivity contribution in [3.05, 3.63) is 65.3 Å². The van der Waals surface area contributed by atoms with Gasteiger partial charge < -0.3 is 14.3 Å². The summed E-state index contributed by atoms with van der Waals surface area (Å²) in [4.78, 5) is 16.9. The molecule has 2 heterocycles. The first kappa shape index (κ1) is 25.4. The van der Waals surface area contributed by atoms with E-state index in [0.29, 0.717) is 28.1 Å². The summed E-state index contributed by atoms with van der Waals surface area (Å²) < 4.78 is 52.1. The van der Waals surface area contributed by atoms with Crippen LogP contribution in [0, 0.1) is 5.82 Å². The molecule has 0 unspecified atom stereocenters. The average molecular weight is 491 g/mol. The number of nitrogens with one attached hydrogen (secondary N) is 1. The Bertz CT molecular complexity index is 1310. The maximum atomic E-state index is 14.5. The smallest absolute Gasteiger partial charge is 0.297 e. The second-order valence-corrected chi connectivity index (χ2v) is 10.3. The fourth-order valence-corrected chi connectivity index (χ4v) is 4.42. The highest BCUT2D eigenvalue weighted by Crippen LogP contribution is 2.33. The van der Waals surface area contributed by atoms with Crippen molar-refractivity contribution in [2.24, 2.45) is 0 Å². The summed E-state index contributed by atoms with van der Waals surface area (Å²) in [5.74, 6) is -1.14. The normalized spacial score (nSPS) is 12.1. The molecule has 3 aromatic rings. The van der Waals surface area contributed by atoms with Crippen LogP contribution in [0.15, 0.2) is 52.3 Å². The van der Waals surface area contributed by atoms with Gasteiger partial charge in [-0.15, -0.1) is 0 Å². The van der Waals surface area contributed by atoms with Crippen molar-refractivity contribution in [3.8, 4) is 17.0 Å². The number of sulfonamides is 1. The Labute approximate surface area is 197 Å². The molecule has 182 valence electrons. The van der Waals surface area contributed by atoms with Crippen molar-refractivity contribution in [1.29, 1.82) is 0 Å². The Morgan fingerprint density at radius 2 is 1.97 bits per heavy atom. The van der Waals surface area contributed by atoms with Gasteiger partial charge in [-0.2, -0.15) is 8.42 Å². The van der Waals surface area contributed by atoms with Crippen LogP contribution in [0.3, 0.4) is 0 Å². The first-order chi connectivity index (χ1) is 15.8. The van der Waals surface area contributed by atoms with Gasteiger partial charge in [-0.05, 0) is 60.2 Å². The molecule has 0 saturated carbocycles. The summed E-state index contributed by atoms with van der Waals surface area (Å²) in [5.41, 5.74) is 0.978. The molecular weight excluding hydrogens is 463 g/mol. The molecule has 0 spiro atoms. The number of pyridine rings is 1. The zero-order valence-corrected chi connectivity index (χ0v) is 20.4. The van der Waals surface area contributed by atoms with E-state index in [9.17, 15) is 22.7 Å². The number of amides is 1. The van der Waals surface area contributed by atoms with Gasteiger partial charge >= 0.3 is 0 Å². The molecule has 0 aliphatic carbocycles. The van der Waals surface area contributed by atoms with Gasteiger partial charge in [-0.1, -0.05) is 13.8 Å². The number of hydrogen-bond donors (Lipinski definition) is 2. The maximum absolute atomic E-state index is 14.5. The molecule has 0 aliphatic heterocycles. The second kappa shape index (κ2) is 9.55. The highest BCUT2D eigenvalue weighted by atomic mass is 32.2. The molecule has 8 nitrogen and oxygen atoms in total. The van der Waals surface area contributed by atoms with Gasteiger partial charge in [0.15, 0.2) is 0 Å². The minimum atomic E-state index is -4.33. The number of furan rings is 1. The predicted octanol–water partition coefficient (Wildman–Crippen LogP) is 3.89.